The van der Waals surface area contributed by atoms with Crippen LogP contribution in [0, 0.1) is 0 Å². The summed E-state index contributed by atoms with van der Waals surface area (Å²) in [5, 5.41) is 7.29. The van der Waals surface area contributed by atoms with Gasteiger partial charge in [-0.1, -0.05) is 24.6 Å². The summed E-state index contributed by atoms with van der Waals surface area (Å²) in [5.74, 6) is 0.870. The molecule has 1 saturated carbocycles. The summed E-state index contributed by atoms with van der Waals surface area (Å²) in [5.41, 5.74) is 2.53. The Kier molecular flexibility index (Phi) is 4.46. The van der Waals surface area contributed by atoms with Crippen molar-refractivity contribution in [2.24, 2.45) is 0 Å². The van der Waals surface area contributed by atoms with E-state index in [0.717, 1.165) is 42.7 Å². The molecule has 6 heteroatoms. The molecule has 1 aliphatic heterocycles. The highest BCUT2D eigenvalue weighted by atomic mass is 16.7. The number of aromatic nitrogens is 2. The third-order valence-electron chi connectivity index (χ3n) is 5.46. The molecule has 0 unspecified atom stereocenters. The van der Waals surface area contributed by atoms with Gasteiger partial charge in [-0.3, -0.25) is 4.79 Å². The number of nitrogens with one attached hydrogen (secondary N) is 1. The van der Waals surface area contributed by atoms with Crippen LogP contribution in [0.2, 0.25) is 0 Å². The maximum atomic E-state index is 12.5. The molecule has 0 radical (unpaired) electrons. The lowest BCUT2D eigenvalue weighted by molar-refractivity contribution is -0.115. The van der Waals surface area contributed by atoms with Crippen LogP contribution in [-0.2, 0) is 11.2 Å². The number of amides is 1. The minimum atomic E-state index is -0.505. The number of para-hydroxylation sites is 1. The highest BCUT2D eigenvalue weighted by Crippen LogP contribution is 2.46. The van der Waals surface area contributed by atoms with E-state index in [4.69, 9.17) is 9.47 Å². The van der Waals surface area contributed by atoms with Gasteiger partial charge in [0.25, 0.3) is 5.79 Å². The zero-order valence-corrected chi connectivity index (χ0v) is 16.1. The van der Waals surface area contributed by atoms with E-state index in [1.807, 2.05) is 54.7 Å². The van der Waals surface area contributed by atoms with Gasteiger partial charge in [-0.05, 0) is 42.7 Å². The van der Waals surface area contributed by atoms with Crippen LogP contribution in [0.25, 0.3) is 5.69 Å². The Morgan fingerprint density at radius 3 is 2.66 bits per heavy atom. The average Bonchev–Trinajstić information content (AvgIpc) is 3.33. The number of benzene rings is 2. The molecule has 1 spiro atoms. The van der Waals surface area contributed by atoms with E-state index in [-0.39, 0.29) is 12.3 Å². The minimum Gasteiger partial charge on any atom is -0.448 e. The van der Waals surface area contributed by atoms with E-state index in [1.54, 1.807) is 10.9 Å². The van der Waals surface area contributed by atoms with Crippen molar-refractivity contribution in [1.29, 1.82) is 0 Å². The van der Waals surface area contributed by atoms with Gasteiger partial charge >= 0.3 is 0 Å². The normalized spacial score (nSPS) is 16.7. The van der Waals surface area contributed by atoms with Crippen LogP contribution in [0.3, 0.4) is 0 Å². The summed E-state index contributed by atoms with van der Waals surface area (Å²) in [6.45, 7) is 0. The van der Waals surface area contributed by atoms with Gasteiger partial charge in [0.1, 0.15) is 0 Å². The average molecular weight is 389 g/mol. The van der Waals surface area contributed by atoms with Crippen LogP contribution in [0.5, 0.6) is 11.5 Å². The fourth-order valence-electron chi connectivity index (χ4n) is 4.03. The molecule has 1 amide bonds. The van der Waals surface area contributed by atoms with Crippen LogP contribution >= 0.6 is 0 Å². The summed E-state index contributed by atoms with van der Waals surface area (Å²) in [6, 6.07) is 15.4. The monoisotopic (exact) mass is 389 g/mol. The number of ether oxygens (including phenoxy) is 2. The highest BCUT2D eigenvalue weighted by Gasteiger charge is 2.42. The van der Waals surface area contributed by atoms with E-state index in [1.165, 1.54) is 6.42 Å². The smallest absolute Gasteiger partial charge is 0.251 e. The molecule has 5 rings (SSSR count). The fraction of sp³-hybridized carbons (Fsp3) is 0.304. The van der Waals surface area contributed by atoms with Gasteiger partial charge in [0.2, 0.25) is 5.91 Å². The topological polar surface area (TPSA) is 65.4 Å². The molecule has 0 atom stereocenters. The Bertz CT molecular complexity index is 1020. The lowest BCUT2D eigenvalue weighted by atomic mass is 9.94. The van der Waals surface area contributed by atoms with Crippen molar-refractivity contribution in [2.45, 2.75) is 44.3 Å². The van der Waals surface area contributed by atoms with Gasteiger partial charge in [0.15, 0.2) is 11.5 Å². The molecular weight excluding hydrogens is 366 g/mol. The first-order valence-electron chi connectivity index (χ1n) is 10.1. The van der Waals surface area contributed by atoms with Gasteiger partial charge < -0.3 is 14.8 Å². The fourth-order valence-corrected chi connectivity index (χ4v) is 4.03. The molecule has 6 nitrogen and oxygen atoms in total. The third kappa shape index (κ3) is 3.70. The number of carbonyl (C=O) groups is 1. The summed E-state index contributed by atoms with van der Waals surface area (Å²) >= 11 is 0. The first kappa shape index (κ1) is 17.8. The second-order valence-corrected chi connectivity index (χ2v) is 7.69. The number of nitrogens with zero attached hydrogens (tertiary/aromatic N) is 2. The largest absolute Gasteiger partial charge is 0.448 e. The molecule has 1 aromatic heterocycles. The number of hydrogen-bond acceptors (Lipinski definition) is 4. The quantitative estimate of drug-likeness (QED) is 0.714. The SMILES string of the molecule is O=C(Cc1cnn(-c2ccccc2)c1)Nc1ccc2c(c1)OC1(CCCCC1)O2. The molecule has 2 aromatic carbocycles. The summed E-state index contributed by atoms with van der Waals surface area (Å²) < 4.78 is 14.0. The molecule has 0 saturated heterocycles. The number of fused-ring (bicyclic) bond motifs is 1. The number of hydrogen-bond donors (Lipinski definition) is 1. The Hall–Kier alpha value is -3.28. The molecule has 29 heavy (non-hydrogen) atoms. The zero-order chi connectivity index (χ0) is 19.7. The number of rotatable bonds is 4. The molecule has 148 valence electrons. The predicted molar refractivity (Wildman–Crippen MR) is 109 cm³/mol. The third-order valence-corrected chi connectivity index (χ3v) is 5.46. The van der Waals surface area contributed by atoms with Crippen LogP contribution in [0.4, 0.5) is 5.69 Å². The summed E-state index contributed by atoms with van der Waals surface area (Å²) in [4.78, 5) is 12.5. The van der Waals surface area contributed by atoms with E-state index >= 15 is 0 Å². The number of carbonyl (C=O) groups excluding carboxylic acids is 1. The molecule has 1 aliphatic carbocycles. The predicted octanol–water partition coefficient (Wildman–Crippen LogP) is 4.49. The van der Waals surface area contributed by atoms with Gasteiger partial charge in [-0.15, -0.1) is 0 Å². The highest BCUT2D eigenvalue weighted by molar-refractivity contribution is 5.92. The van der Waals surface area contributed by atoms with Gasteiger partial charge in [0.05, 0.1) is 18.3 Å². The zero-order valence-electron chi connectivity index (χ0n) is 16.1. The molecule has 3 aromatic rings. The summed E-state index contributed by atoms with van der Waals surface area (Å²) in [7, 11) is 0. The molecule has 2 heterocycles. The first-order valence-corrected chi connectivity index (χ1v) is 10.1. The van der Waals surface area contributed by atoms with Gasteiger partial charge in [-0.2, -0.15) is 5.10 Å². The van der Waals surface area contributed by atoms with Crippen LogP contribution in [0.15, 0.2) is 60.9 Å². The summed E-state index contributed by atoms with van der Waals surface area (Å²) in [6.07, 6.45) is 9.14. The Morgan fingerprint density at radius 1 is 1.03 bits per heavy atom. The molecule has 1 N–H and O–H groups in total. The van der Waals surface area contributed by atoms with Crippen molar-refractivity contribution in [2.75, 3.05) is 5.32 Å². The Balaban J connectivity index is 1.23. The van der Waals surface area contributed by atoms with E-state index in [9.17, 15) is 4.79 Å². The Morgan fingerprint density at radius 2 is 1.83 bits per heavy atom. The second kappa shape index (κ2) is 7.28. The van der Waals surface area contributed by atoms with Gasteiger partial charge in [0, 0.05) is 30.8 Å². The second-order valence-electron chi connectivity index (χ2n) is 7.69. The molecule has 1 fully saturated rings. The molecule has 0 bridgehead atoms. The van der Waals surface area contributed by atoms with Crippen LogP contribution in [0.1, 0.15) is 37.7 Å². The van der Waals surface area contributed by atoms with Crippen molar-refractivity contribution in [3.63, 3.8) is 0 Å². The minimum absolute atomic E-state index is 0.0937. The van der Waals surface area contributed by atoms with Crippen molar-refractivity contribution < 1.29 is 14.3 Å². The van der Waals surface area contributed by atoms with Gasteiger partial charge in [-0.25, -0.2) is 4.68 Å². The standard InChI is InChI=1S/C23H23N3O3/c27-22(13-17-15-24-26(16-17)19-7-3-1-4-8-19)25-18-9-10-20-21(14-18)29-23(28-20)11-5-2-6-12-23/h1,3-4,7-10,14-16H,2,5-6,11-13H2,(H,25,27). The van der Waals surface area contributed by atoms with Crippen molar-refractivity contribution in [3.05, 3.63) is 66.5 Å². The molecule has 2 aliphatic rings. The van der Waals surface area contributed by atoms with Crippen molar-refractivity contribution >= 4 is 11.6 Å². The van der Waals surface area contributed by atoms with Crippen LogP contribution in [-0.4, -0.2) is 21.5 Å². The number of anilines is 1. The maximum absolute atomic E-state index is 12.5. The first-order chi connectivity index (χ1) is 14.2. The van der Waals surface area contributed by atoms with E-state index in [2.05, 4.69) is 10.4 Å². The molecular formula is C23H23N3O3. The van der Waals surface area contributed by atoms with Crippen molar-refractivity contribution in [3.8, 4) is 17.2 Å². The van der Waals surface area contributed by atoms with Crippen LogP contribution < -0.4 is 14.8 Å². The lowest BCUT2D eigenvalue weighted by Gasteiger charge is -2.31. The van der Waals surface area contributed by atoms with E-state index in [0.29, 0.717) is 11.4 Å². The maximum Gasteiger partial charge on any atom is 0.251 e. The lowest BCUT2D eigenvalue weighted by Crippen LogP contribution is -2.40. The Labute approximate surface area is 169 Å². The van der Waals surface area contributed by atoms with E-state index < -0.39 is 5.79 Å². The van der Waals surface area contributed by atoms with Crippen molar-refractivity contribution in [1.82, 2.24) is 9.78 Å².